The van der Waals surface area contributed by atoms with Crippen LogP contribution in [0.4, 0.5) is 0 Å². The molecule has 15 heavy (non-hydrogen) atoms. The third kappa shape index (κ3) is 3.88. The predicted octanol–water partition coefficient (Wildman–Crippen LogP) is 2.07. The molecule has 0 aromatic carbocycles. The van der Waals surface area contributed by atoms with Gasteiger partial charge in [0.2, 0.25) is 0 Å². The normalized spacial score (nSPS) is 15.3. The van der Waals surface area contributed by atoms with Crippen LogP contribution in [0.5, 0.6) is 0 Å². The van der Waals surface area contributed by atoms with Gasteiger partial charge in [0.1, 0.15) is 5.60 Å². The monoisotopic (exact) mass is 212 g/mol. The number of carbonyl (C=O) groups is 1. The van der Waals surface area contributed by atoms with Crippen molar-refractivity contribution in [2.75, 3.05) is 0 Å². The van der Waals surface area contributed by atoms with Crippen molar-refractivity contribution < 1.29 is 14.6 Å². The second-order valence-electron chi connectivity index (χ2n) is 4.25. The van der Waals surface area contributed by atoms with Crippen LogP contribution in [0.25, 0.3) is 0 Å². The van der Waals surface area contributed by atoms with Gasteiger partial charge in [-0.05, 0) is 20.8 Å². The zero-order valence-electron chi connectivity index (χ0n) is 9.91. The number of aliphatic hydroxyl groups excluding tert-OH is 1. The molecule has 0 amide bonds. The summed E-state index contributed by atoms with van der Waals surface area (Å²) < 4.78 is 5.15. The largest absolute Gasteiger partial charge is 0.459 e. The van der Waals surface area contributed by atoms with Crippen LogP contribution in [-0.2, 0) is 9.53 Å². The van der Waals surface area contributed by atoms with E-state index in [1.165, 1.54) is 6.92 Å². The van der Waals surface area contributed by atoms with Crippen molar-refractivity contribution in [2.45, 2.75) is 39.4 Å². The smallest absolute Gasteiger partial charge is 0.303 e. The Balaban J connectivity index is 4.86. The molecule has 3 nitrogen and oxygen atoms in total. The van der Waals surface area contributed by atoms with E-state index in [0.717, 1.165) is 0 Å². The highest BCUT2D eigenvalue weighted by molar-refractivity contribution is 5.66. The van der Waals surface area contributed by atoms with Gasteiger partial charge in [0.05, 0.1) is 6.10 Å². The number of esters is 1. The highest BCUT2D eigenvalue weighted by atomic mass is 16.6. The number of hydrogen-bond donors (Lipinski definition) is 1. The van der Waals surface area contributed by atoms with Gasteiger partial charge in [-0.2, -0.15) is 0 Å². The molecular formula is C12H20O3. The van der Waals surface area contributed by atoms with Crippen LogP contribution < -0.4 is 0 Å². The van der Waals surface area contributed by atoms with Gasteiger partial charge in [-0.25, -0.2) is 0 Å². The van der Waals surface area contributed by atoms with Gasteiger partial charge in [-0.15, -0.1) is 6.58 Å². The molecule has 0 radical (unpaired) electrons. The molecule has 0 rings (SSSR count). The highest BCUT2D eigenvalue weighted by Crippen LogP contribution is 2.28. The molecule has 1 N–H and O–H groups in total. The second kappa shape index (κ2) is 5.12. The summed E-state index contributed by atoms with van der Waals surface area (Å²) in [6.07, 6.45) is 0.833. The summed E-state index contributed by atoms with van der Waals surface area (Å²) >= 11 is 0. The maximum Gasteiger partial charge on any atom is 0.303 e. The summed E-state index contributed by atoms with van der Waals surface area (Å²) in [6.45, 7) is 13.9. The minimum atomic E-state index is -0.786. The Morgan fingerprint density at radius 3 is 2.20 bits per heavy atom. The van der Waals surface area contributed by atoms with Crippen LogP contribution in [0.1, 0.15) is 27.7 Å². The van der Waals surface area contributed by atoms with E-state index >= 15 is 0 Å². The van der Waals surface area contributed by atoms with Gasteiger partial charge in [-0.3, -0.25) is 4.79 Å². The molecule has 0 aromatic heterocycles. The van der Waals surface area contributed by atoms with Crippen molar-refractivity contribution in [1.29, 1.82) is 0 Å². The van der Waals surface area contributed by atoms with Crippen LogP contribution in [-0.4, -0.2) is 22.8 Å². The number of ether oxygens (including phenoxy) is 1. The fourth-order valence-corrected chi connectivity index (χ4v) is 1.54. The van der Waals surface area contributed by atoms with Crippen molar-refractivity contribution in [3.05, 3.63) is 24.8 Å². The molecule has 0 saturated heterocycles. The van der Waals surface area contributed by atoms with Gasteiger partial charge in [0, 0.05) is 12.8 Å². The van der Waals surface area contributed by atoms with Crippen molar-refractivity contribution in [3.63, 3.8) is 0 Å². The van der Waals surface area contributed by atoms with Crippen molar-refractivity contribution in [2.24, 2.45) is 5.92 Å². The molecule has 86 valence electrons. The zero-order chi connectivity index (χ0) is 12.2. The molecule has 2 unspecified atom stereocenters. The molecule has 0 aromatic rings. The Hall–Kier alpha value is -1.09. The molecule has 0 aliphatic heterocycles. The topological polar surface area (TPSA) is 46.5 Å². The second-order valence-corrected chi connectivity index (χ2v) is 4.25. The lowest BCUT2D eigenvalue weighted by molar-refractivity contribution is -0.159. The number of rotatable bonds is 5. The van der Waals surface area contributed by atoms with Gasteiger partial charge >= 0.3 is 5.97 Å². The average molecular weight is 212 g/mol. The van der Waals surface area contributed by atoms with E-state index in [2.05, 4.69) is 13.2 Å². The first-order valence-corrected chi connectivity index (χ1v) is 4.88. The first kappa shape index (κ1) is 13.9. The first-order chi connectivity index (χ1) is 6.72. The van der Waals surface area contributed by atoms with E-state index in [1.54, 1.807) is 26.8 Å². The van der Waals surface area contributed by atoms with Crippen molar-refractivity contribution in [3.8, 4) is 0 Å². The fraction of sp³-hybridized carbons (Fsp3) is 0.583. The zero-order valence-corrected chi connectivity index (χ0v) is 9.91. The van der Waals surface area contributed by atoms with E-state index < -0.39 is 11.7 Å². The fourth-order valence-electron chi connectivity index (χ4n) is 1.54. The standard InChI is InChI=1S/C12H20O3/c1-7-10(11(14)8(2)3)12(5,6)15-9(4)13/h7,10-11,14H,1-2H2,3-6H3. The Bertz CT molecular complexity index is 266. The van der Waals surface area contributed by atoms with E-state index in [9.17, 15) is 9.90 Å². The SMILES string of the molecule is C=CC(C(O)C(=C)C)C(C)(C)OC(C)=O. The van der Waals surface area contributed by atoms with Crippen molar-refractivity contribution >= 4 is 5.97 Å². The summed E-state index contributed by atoms with van der Waals surface area (Å²) in [6, 6.07) is 0. The lowest BCUT2D eigenvalue weighted by Crippen LogP contribution is -2.42. The molecular weight excluding hydrogens is 192 g/mol. The molecule has 0 aliphatic carbocycles. The molecule has 0 heterocycles. The Morgan fingerprint density at radius 1 is 1.47 bits per heavy atom. The quantitative estimate of drug-likeness (QED) is 0.560. The van der Waals surface area contributed by atoms with Gasteiger partial charge in [-0.1, -0.05) is 18.2 Å². The van der Waals surface area contributed by atoms with Crippen molar-refractivity contribution in [1.82, 2.24) is 0 Å². The third-order valence-electron chi connectivity index (χ3n) is 2.31. The Labute approximate surface area is 91.4 Å². The van der Waals surface area contributed by atoms with E-state index in [0.29, 0.717) is 5.57 Å². The lowest BCUT2D eigenvalue weighted by Gasteiger charge is -2.34. The maximum absolute atomic E-state index is 10.9. The van der Waals surface area contributed by atoms with Crippen LogP contribution in [0.2, 0.25) is 0 Å². The van der Waals surface area contributed by atoms with Crippen LogP contribution in [0.3, 0.4) is 0 Å². The van der Waals surface area contributed by atoms with Crippen LogP contribution >= 0.6 is 0 Å². The molecule has 0 aliphatic rings. The highest BCUT2D eigenvalue weighted by Gasteiger charge is 2.35. The number of aliphatic hydroxyl groups is 1. The molecule has 2 atom stereocenters. The molecule has 3 heteroatoms. The maximum atomic E-state index is 10.9. The molecule has 0 bridgehead atoms. The van der Waals surface area contributed by atoms with Crippen LogP contribution in [0, 0.1) is 5.92 Å². The molecule has 0 saturated carbocycles. The van der Waals surface area contributed by atoms with Crippen LogP contribution in [0.15, 0.2) is 24.8 Å². The summed E-state index contributed by atoms with van der Waals surface area (Å²) in [7, 11) is 0. The Morgan fingerprint density at radius 2 is 1.93 bits per heavy atom. The van der Waals surface area contributed by atoms with E-state index in [1.807, 2.05) is 0 Å². The minimum Gasteiger partial charge on any atom is -0.459 e. The first-order valence-electron chi connectivity index (χ1n) is 4.88. The summed E-state index contributed by atoms with van der Waals surface area (Å²) in [5.41, 5.74) is -0.161. The minimum absolute atomic E-state index is 0.362. The summed E-state index contributed by atoms with van der Waals surface area (Å²) in [5.74, 6) is -0.736. The molecule has 0 fully saturated rings. The lowest BCUT2D eigenvalue weighted by atomic mass is 9.83. The van der Waals surface area contributed by atoms with E-state index in [-0.39, 0.29) is 11.9 Å². The average Bonchev–Trinajstić information content (AvgIpc) is 2.01. The van der Waals surface area contributed by atoms with Gasteiger partial charge < -0.3 is 9.84 Å². The molecule has 0 spiro atoms. The number of hydrogen-bond acceptors (Lipinski definition) is 3. The third-order valence-corrected chi connectivity index (χ3v) is 2.31. The predicted molar refractivity (Wildman–Crippen MR) is 60.4 cm³/mol. The summed E-state index contributed by atoms with van der Waals surface area (Å²) in [4.78, 5) is 10.9. The Kier molecular flexibility index (Phi) is 4.75. The summed E-state index contributed by atoms with van der Waals surface area (Å²) in [5, 5.41) is 9.87. The van der Waals surface area contributed by atoms with Gasteiger partial charge in [0.15, 0.2) is 0 Å². The van der Waals surface area contributed by atoms with Gasteiger partial charge in [0.25, 0.3) is 0 Å². The number of carbonyl (C=O) groups excluding carboxylic acids is 1. The van der Waals surface area contributed by atoms with E-state index in [4.69, 9.17) is 4.74 Å².